The number of hydrogen-bond acceptors (Lipinski definition) is 4. The Hall–Kier alpha value is -2.16. The molecule has 0 saturated carbocycles. The topological polar surface area (TPSA) is 73.1 Å². The van der Waals surface area contributed by atoms with Crippen molar-refractivity contribution in [2.24, 2.45) is 5.92 Å². The number of carbonyl (C=O) groups is 1. The number of rotatable bonds is 5. The zero-order valence-corrected chi connectivity index (χ0v) is 14.2. The summed E-state index contributed by atoms with van der Waals surface area (Å²) >= 11 is 1.49. The number of nitrogens with zero attached hydrogens (tertiary/aromatic N) is 1. The zero-order valence-electron chi connectivity index (χ0n) is 13.4. The van der Waals surface area contributed by atoms with Gasteiger partial charge in [-0.25, -0.2) is 0 Å². The fraction of sp³-hybridized carbons (Fsp3) is 0.368. The molecule has 3 rings (SSSR count). The van der Waals surface area contributed by atoms with Crippen molar-refractivity contribution in [3.8, 4) is 6.07 Å². The van der Waals surface area contributed by atoms with Gasteiger partial charge in [0.15, 0.2) is 0 Å². The molecule has 0 spiro atoms. The Balaban J connectivity index is 1.68. The van der Waals surface area contributed by atoms with Crippen LogP contribution in [0.15, 0.2) is 30.3 Å². The van der Waals surface area contributed by atoms with Crippen molar-refractivity contribution in [3.05, 3.63) is 51.9 Å². The first-order valence-corrected chi connectivity index (χ1v) is 9.02. The number of aliphatic hydroxyl groups is 1. The van der Waals surface area contributed by atoms with Crippen molar-refractivity contribution in [2.75, 3.05) is 11.9 Å². The van der Waals surface area contributed by atoms with E-state index in [2.05, 4.69) is 11.4 Å². The van der Waals surface area contributed by atoms with Crippen LogP contribution in [0.4, 0.5) is 5.00 Å². The molecule has 1 aromatic carbocycles. The van der Waals surface area contributed by atoms with Crippen LogP contribution in [-0.4, -0.2) is 17.6 Å². The maximum absolute atomic E-state index is 12.2. The summed E-state index contributed by atoms with van der Waals surface area (Å²) in [5.74, 6) is 0.206. The van der Waals surface area contributed by atoms with Crippen LogP contribution in [0.25, 0.3) is 0 Å². The molecule has 0 bridgehead atoms. The van der Waals surface area contributed by atoms with Crippen molar-refractivity contribution in [1.29, 1.82) is 5.26 Å². The molecule has 1 unspecified atom stereocenters. The van der Waals surface area contributed by atoms with Gasteiger partial charge in [0.25, 0.3) is 0 Å². The largest absolute Gasteiger partial charge is 0.396 e. The molecule has 1 atom stereocenters. The lowest BCUT2D eigenvalue weighted by Gasteiger charge is -2.19. The van der Waals surface area contributed by atoms with Gasteiger partial charge in [0.1, 0.15) is 11.1 Å². The van der Waals surface area contributed by atoms with Crippen LogP contribution >= 0.6 is 11.3 Å². The number of aryl methyl sites for hydroxylation is 1. The minimum atomic E-state index is -0.0624. The van der Waals surface area contributed by atoms with E-state index < -0.39 is 0 Å². The third kappa shape index (κ3) is 3.66. The lowest BCUT2D eigenvalue weighted by Crippen LogP contribution is -2.16. The van der Waals surface area contributed by atoms with Gasteiger partial charge < -0.3 is 10.4 Å². The minimum Gasteiger partial charge on any atom is -0.396 e. The molecular weight excluding hydrogens is 320 g/mol. The molecule has 1 aliphatic rings. The van der Waals surface area contributed by atoms with Crippen molar-refractivity contribution in [1.82, 2.24) is 0 Å². The minimum absolute atomic E-state index is 0.0624. The molecule has 2 N–H and O–H groups in total. The number of anilines is 1. The number of nitrogens with one attached hydrogen (secondary N) is 1. The molecule has 1 amide bonds. The quantitative estimate of drug-likeness (QED) is 0.877. The number of amides is 1. The van der Waals surface area contributed by atoms with E-state index in [4.69, 9.17) is 0 Å². The Morgan fingerprint density at radius 1 is 1.38 bits per heavy atom. The van der Waals surface area contributed by atoms with Crippen LogP contribution in [0.5, 0.6) is 0 Å². The molecule has 124 valence electrons. The maximum Gasteiger partial charge on any atom is 0.225 e. The lowest BCUT2D eigenvalue weighted by atomic mass is 9.88. The van der Waals surface area contributed by atoms with Gasteiger partial charge in [-0.1, -0.05) is 30.3 Å². The van der Waals surface area contributed by atoms with Crippen LogP contribution in [0, 0.1) is 17.2 Å². The molecule has 2 aromatic rings. The van der Waals surface area contributed by atoms with Gasteiger partial charge in [-0.3, -0.25) is 4.79 Å². The van der Waals surface area contributed by atoms with Crippen LogP contribution in [-0.2, 0) is 24.1 Å². The lowest BCUT2D eigenvalue weighted by molar-refractivity contribution is -0.116. The summed E-state index contributed by atoms with van der Waals surface area (Å²) in [5, 5.41) is 22.4. The average Bonchev–Trinajstić information content (AvgIpc) is 2.96. The van der Waals surface area contributed by atoms with Gasteiger partial charge in [0.05, 0.1) is 5.56 Å². The van der Waals surface area contributed by atoms with Gasteiger partial charge >= 0.3 is 0 Å². The molecule has 0 saturated heterocycles. The van der Waals surface area contributed by atoms with Gasteiger partial charge in [0, 0.05) is 17.9 Å². The fourth-order valence-corrected chi connectivity index (χ4v) is 4.44. The predicted molar refractivity (Wildman–Crippen MR) is 95.0 cm³/mol. The molecule has 0 fully saturated rings. The number of nitriles is 1. The number of carbonyl (C=O) groups excluding carboxylic acids is 1. The average molecular weight is 340 g/mol. The molecule has 4 nitrogen and oxygen atoms in total. The monoisotopic (exact) mass is 340 g/mol. The molecule has 1 heterocycles. The molecule has 1 aliphatic carbocycles. The Kier molecular flexibility index (Phi) is 5.29. The van der Waals surface area contributed by atoms with Crippen molar-refractivity contribution < 1.29 is 9.90 Å². The highest BCUT2D eigenvalue weighted by atomic mass is 32.1. The molecule has 1 aromatic heterocycles. The second kappa shape index (κ2) is 7.61. The number of benzene rings is 1. The van der Waals surface area contributed by atoms with Crippen molar-refractivity contribution in [3.63, 3.8) is 0 Å². The third-order valence-corrected chi connectivity index (χ3v) is 5.64. The number of fused-ring (bicyclic) bond motifs is 1. The summed E-state index contributed by atoms with van der Waals surface area (Å²) in [6.07, 6.45) is 3.59. The van der Waals surface area contributed by atoms with E-state index in [1.54, 1.807) is 0 Å². The highest BCUT2D eigenvalue weighted by Gasteiger charge is 2.26. The first-order valence-electron chi connectivity index (χ1n) is 8.20. The smallest absolute Gasteiger partial charge is 0.225 e. The normalized spacial score (nSPS) is 16.2. The number of aliphatic hydroxyl groups excluding tert-OH is 1. The maximum atomic E-state index is 12.2. The van der Waals surface area contributed by atoms with Crippen LogP contribution < -0.4 is 5.32 Å². The van der Waals surface area contributed by atoms with Crippen molar-refractivity contribution in [2.45, 2.75) is 32.1 Å². The summed E-state index contributed by atoms with van der Waals surface area (Å²) in [4.78, 5) is 13.4. The Bertz CT molecular complexity index is 762. The Morgan fingerprint density at radius 3 is 2.88 bits per heavy atom. The molecule has 0 radical (unpaired) electrons. The molecule has 0 aliphatic heterocycles. The second-order valence-corrected chi connectivity index (χ2v) is 7.25. The van der Waals surface area contributed by atoms with E-state index >= 15 is 0 Å². The van der Waals surface area contributed by atoms with Gasteiger partial charge in [-0.2, -0.15) is 5.26 Å². The molecular formula is C19H20N2O2S. The number of hydrogen-bond donors (Lipinski definition) is 2. The predicted octanol–water partition coefficient (Wildman–Crippen LogP) is 3.29. The van der Waals surface area contributed by atoms with Crippen LogP contribution in [0.1, 0.15) is 34.4 Å². The van der Waals surface area contributed by atoms with E-state index in [1.165, 1.54) is 11.3 Å². The van der Waals surface area contributed by atoms with E-state index in [-0.39, 0.29) is 18.4 Å². The second-order valence-electron chi connectivity index (χ2n) is 6.14. The Labute approximate surface area is 145 Å². The van der Waals surface area contributed by atoms with Gasteiger partial charge in [0.2, 0.25) is 5.91 Å². The summed E-state index contributed by atoms with van der Waals surface area (Å²) in [6.45, 7) is 0.179. The van der Waals surface area contributed by atoms with Gasteiger partial charge in [-0.05, 0) is 42.7 Å². The standard InChI is InChI=1S/C19H20N2O2S/c20-11-16-15-8-6-14(12-22)10-17(15)24-19(16)21-18(23)9-7-13-4-2-1-3-5-13/h1-5,14,22H,6-10,12H2,(H,21,23). The third-order valence-electron chi connectivity index (χ3n) is 4.47. The van der Waals surface area contributed by atoms with E-state index in [0.29, 0.717) is 23.4 Å². The number of thiophene rings is 1. The summed E-state index contributed by atoms with van der Waals surface area (Å²) < 4.78 is 0. The summed E-state index contributed by atoms with van der Waals surface area (Å²) in [5.41, 5.74) is 2.80. The van der Waals surface area contributed by atoms with Crippen LogP contribution in [0.3, 0.4) is 0 Å². The van der Waals surface area contributed by atoms with Gasteiger partial charge in [-0.15, -0.1) is 11.3 Å². The van der Waals surface area contributed by atoms with Crippen molar-refractivity contribution >= 4 is 22.2 Å². The summed E-state index contributed by atoms with van der Waals surface area (Å²) in [6, 6.07) is 12.1. The highest BCUT2D eigenvalue weighted by Crippen LogP contribution is 2.39. The Morgan fingerprint density at radius 2 is 2.17 bits per heavy atom. The molecule has 24 heavy (non-hydrogen) atoms. The first kappa shape index (κ1) is 16.7. The van der Waals surface area contributed by atoms with Crippen LogP contribution in [0.2, 0.25) is 0 Å². The first-order chi connectivity index (χ1) is 11.7. The van der Waals surface area contributed by atoms with E-state index in [9.17, 15) is 15.2 Å². The van der Waals surface area contributed by atoms with E-state index in [0.717, 1.165) is 35.3 Å². The zero-order chi connectivity index (χ0) is 16.9. The highest BCUT2D eigenvalue weighted by molar-refractivity contribution is 7.16. The van der Waals surface area contributed by atoms with E-state index in [1.807, 2.05) is 30.3 Å². The SMILES string of the molecule is N#Cc1c(NC(=O)CCc2ccccc2)sc2c1CCC(CO)C2. The molecule has 5 heteroatoms. The fourth-order valence-electron chi connectivity index (χ4n) is 3.11. The summed E-state index contributed by atoms with van der Waals surface area (Å²) in [7, 11) is 0.